The molecule has 4 nitrogen and oxygen atoms in total. The zero-order chi connectivity index (χ0) is 19.6. The highest BCUT2D eigenvalue weighted by Gasteiger charge is 2.18. The molecule has 0 spiro atoms. The van der Waals surface area contributed by atoms with Crippen LogP contribution < -0.4 is 10.5 Å². The minimum absolute atomic E-state index is 0.0681. The Kier molecular flexibility index (Phi) is 5.41. The van der Waals surface area contributed by atoms with Crippen molar-refractivity contribution in [2.24, 2.45) is 5.14 Å². The van der Waals surface area contributed by atoms with Crippen LogP contribution in [0, 0.1) is 12.7 Å². The van der Waals surface area contributed by atoms with Gasteiger partial charge < -0.3 is 5.32 Å². The van der Waals surface area contributed by atoms with Crippen LogP contribution in [-0.2, 0) is 16.6 Å². The number of hydrogen-bond donors (Lipinski definition) is 2. The molecular formula is C21H21FN2O2S. The first-order valence-corrected chi connectivity index (χ1v) is 10.0. The summed E-state index contributed by atoms with van der Waals surface area (Å²) >= 11 is 0. The Hall–Kier alpha value is -2.54. The summed E-state index contributed by atoms with van der Waals surface area (Å²) in [6.07, 6.45) is 0. The van der Waals surface area contributed by atoms with Gasteiger partial charge in [-0.15, -0.1) is 0 Å². The summed E-state index contributed by atoms with van der Waals surface area (Å²) in [6, 6.07) is 17.2. The topological polar surface area (TPSA) is 72.2 Å². The second-order valence-electron chi connectivity index (χ2n) is 6.36. The van der Waals surface area contributed by atoms with Crippen molar-refractivity contribution < 1.29 is 12.8 Å². The van der Waals surface area contributed by atoms with Crippen molar-refractivity contribution in [2.75, 3.05) is 7.05 Å². The molecule has 0 aliphatic carbocycles. The Labute approximate surface area is 158 Å². The van der Waals surface area contributed by atoms with Crippen molar-refractivity contribution in [3.05, 3.63) is 77.6 Å². The lowest BCUT2D eigenvalue weighted by molar-refractivity contribution is 0.597. The highest BCUT2D eigenvalue weighted by Crippen LogP contribution is 2.37. The second kappa shape index (κ2) is 7.60. The normalized spacial score (nSPS) is 11.6. The zero-order valence-corrected chi connectivity index (χ0v) is 16.0. The predicted molar refractivity (Wildman–Crippen MR) is 106 cm³/mol. The molecule has 0 atom stereocenters. The molecule has 3 aromatic rings. The monoisotopic (exact) mass is 384 g/mol. The van der Waals surface area contributed by atoms with Crippen LogP contribution in [0.3, 0.4) is 0 Å². The van der Waals surface area contributed by atoms with Crippen molar-refractivity contribution in [3.63, 3.8) is 0 Å². The third-order valence-electron chi connectivity index (χ3n) is 4.51. The van der Waals surface area contributed by atoms with E-state index in [1.54, 1.807) is 31.2 Å². The van der Waals surface area contributed by atoms with Crippen molar-refractivity contribution in [1.82, 2.24) is 5.32 Å². The summed E-state index contributed by atoms with van der Waals surface area (Å²) in [5.41, 5.74) is 4.17. The van der Waals surface area contributed by atoms with E-state index in [0.29, 0.717) is 28.8 Å². The van der Waals surface area contributed by atoms with Crippen molar-refractivity contribution in [3.8, 4) is 22.3 Å². The van der Waals surface area contributed by atoms with E-state index < -0.39 is 10.0 Å². The maximum Gasteiger partial charge on any atom is 0.238 e. The van der Waals surface area contributed by atoms with Gasteiger partial charge in [0, 0.05) is 12.1 Å². The molecular weight excluding hydrogens is 363 g/mol. The Morgan fingerprint density at radius 1 is 0.926 bits per heavy atom. The minimum Gasteiger partial charge on any atom is -0.316 e. The van der Waals surface area contributed by atoms with E-state index in [-0.39, 0.29) is 10.7 Å². The number of halogens is 1. The van der Waals surface area contributed by atoms with E-state index in [4.69, 9.17) is 5.14 Å². The number of hydrogen-bond acceptors (Lipinski definition) is 3. The molecule has 0 heterocycles. The number of benzene rings is 3. The van der Waals surface area contributed by atoms with E-state index in [0.717, 1.165) is 11.1 Å². The van der Waals surface area contributed by atoms with Crippen LogP contribution in [0.5, 0.6) is 0 Å². The maximum absolute atomic E-state index is 14.5. The summed E-state index contributed by atoms with van der Waals surface area (Å²) < 4.78 is 38.3. The molecule has 0 amide bonds. The Morgan fingerprint density at radius 2 is 1.63 bits per heavy atom. The Morgan fingerprint density at radius 3 is 2.30 bits per heavy atom. The SMILES string of the molecule is CNCc1ccc(-c2ccccc2F)c(-c2cccc(S(N)(=O)=O)c2C)c1. The van der Waals surface area contributed by atoms with Crippen LogP contribution in [-0.4, -0.2) is 15.5 Å². The highest BCUT2D eigenvalue weighted by atomic mass is 32.2. The molecule has 140 valence electrons. The van der Waals surface area contributed by atoms with E-state index in [1.165, 1.54) is 12.1 Å². The molecule has 3 N–H and O–H groups in total. The van der Waals surface area contributed by atoms with Gasteiger partial charge in [-0.1, -0.05) is 42.5 Å². The quantitative estimate of drug-likeness (QED) is 0.702. The first kappa shape index (κ1) is 19.2. The molecule has 0 unspecified atom stereocenters. The standard InChI is InChI=1S/C21H21FN2O2S/c1-14-16(7-5-9-21(14)27(23,25)26)19-12-15(13-24-2)10-11-17(19)18-6-3-4-8-20(18)22/h3-12,24H,13H2,1-2H3,(H2,23,25,26). The lowest BCUT2D eigenvalue weighted by Crippen LogP contribution is -2.14. The molecule has 27 heavy (non-hydrogen) atoms. The average molecular weight is 384 g/mol. The van der Waals surface area contributed by atoms with Gasteiger partial charge in [0.2, 0.25) is 10.0 Å². The van der Waals surface area contributed by atoms with Gasteiger partial charge >= 0.3 is 0 Å². The number of nitrogens with one attached hydrogen (secondary N) is 1. The average Bonchev–Trinajstić information content (AvgIpc) is 2.62. The van der Waals surface area contributed by atoms with E-state index in [9.17, 15) is 12.8 Å². The summed E-state index contributed by atoms with van der Waals surface area (Å²) in [7, 11) is -2.01. The molecule has 0 aromatic heterocycles. The van der Waals surface area contributed by atoms with E-state index in [2.05, 4.69) is 5.32 Å². The van der Waals surface area contributed by atoms with Crippen LogP contribution in [0.4, 0.5) is 4.39 Å². The fourth-order valence-electron chi connectivity index (χ4n) is 3.26. The molecule has 0 saturated carbocycles. The zero-order valence-electron chi connectivity index (χ0n) is 15.2. The van der Waals surface area contributed by atoms with Crippen molar-refractivity contribution in [1.29, 1.82) is 0 Å². The first-order chi connectivity index (χ1) is 12.8. The molecule has 0 aliphatic heterocycles. The number of sulfonamides is 1. The highest BCUT2D eigenvalue weighted by molar-refractivity contribution is 7.89. The summed E-state index contributed by atoms with van der Waals surface area (Å²) in [4.78, 5) is 0.0681. The molecule has 0 saturated heterocycles. The van der Waals surface area contributed by atoms with Gasteiger partial charge in [-0.25, -0.2) is 17.9 Å². The summed E-state index contributed by atoms with van der Waals surface area (Å²) in [6.45, 7) is 2.35. The third kappa shape index (κ3) is 3.93. The van der Waals surface area contributed by atoms with Gasteiger partial charge in [0.15, 0.2) is 0 Å². The summed E-state index contributed by atoms with van der Waals surface area (Å²) in [5, 5.41) is 8.45. The molecule has 0 bridgehead atoms. The lowest BCUT2D eigenvalue weighted by atomic mass is 9.90. The van der Waals surface area contributed by atoms with Gasteiger partial charge in [-0.2, -0.15) is 0 Å². The molecule has 0 fully saturated rings. The third-order valence-corrected chi connectivity index (χ3v) is 5.57. The molecule has 3 aromatic carbocycles. The number of nitrogens with two attached hydrogens (primary N) is 1. The fraction of sp³-hybridized carbons (Fsp3) is 0.143. The van der Waals surface area contributed by atoms with Crippen LogP contribution in [0.15, 0.2) is 65.6 Å². The fourth-order valence-corrected chi connectivity index (χ4v) is 4.06. The van der Waals surface area contributed by atoms with Gasteiger partial charge in [0.05, 0.1) is 4.90 Å². The molecule has 0 aliphatic rings. The minimum atomic E-state index is -3.86. The summed E-state index contributed by atoms with van der Waals surface area (Å²) in [5.74, 6) is -0.333. The van der Waals surface area contributed by atoms with Crippen molar-refractivity contribution in [2.45, 2.75) is 18.4 Å². The molecule has 0 radical (unpaired) electrons. The van der Waals surface area contributed by atoms with Crippen molar-refractivity contribution >= 4 is 10.0 Å². The van der Waals surface area contributed by atoms with Gasteiger partial charge in [0.1, 0.15) is 5.82 Å². The predicted octanol–water partition coefficient (Wildman–Crippen LogP) is 3.83. The molecule has 6 heteroatoms. The van der Waals surface area contributed by atoms with Crippen LogP contribution in [0.2, 0.25) is 0 Å². The first-order valence-electron chi connectivity index (χ1n) is 8.48. The Bertz CT molecular complexity index is 1100. The lowest BCUT2D eigenvalue weighted by Gasteiger charge is -2.16. The van der Waals surface area contributed by atoms with E-state index >= 15 is 0 Å². The molecule has 3 rings (SSSR count). The largest absolute Gasteiger partial charge is 0.316 e. The second-order valence-corrected chi connectivity index (χ2v) is 7.89. The number of rotatable bonds is 5. The van der Waals surface area contributed by atoms with Crippen LogP contribution in [0.1, 0.15) is 11.1 Å². The smallest absolute Gasteiger partial charge is 0.238 e. The van der Waals surface area contributed by atoms with Gasteiger partial charge in [-0.05, 0) is 60.0 Å². The van der Waals surface area contributed by atoms with Gasteiger partial charge in [-0.3, -0.25) is 0 Å². The number of primary sulfonamides is 1. The van der Waals surface area contributed by atoms with Gasteiger partial charge in [0.25, 0.3) is 0 Å². The van der Waals surface area contributed by atoms with E-state index in [1.807, 2.05) is 31.3 Å². The Balaban J connectivity index is 2.32. The van der Waals surface area contributed by atoms with Crippen LogP contribution in [0.25, 0.3) is 22.3 Å². The maximum atomic E-state index is 14.5. The van der Waals surface area contributed by atoms with Crippen LogP contribution >= 0.6 is 0 Å².